The molecule has 8 heteroatoms. The molecule has 4 aromatic rings. The lowest BCUT2D eigenvalue weighted by atomic mass is 9.92. The van der Waals surface area contributed by atoms with Crippen LogP contribution in [0.4, 0.5) is 5.82 Å². The summed E-state index contributed by atoms with van der Waals surface area (Å²) in [7, 11) is 3.82. The van der Waals surface area contributed by atoms with Gasteiger partial charge in [0.05, 0.1) is 29.6 Å². The molecule has 0 amide bonds. The van der Waals surface area contributed by atoms with Crippen LogP contribution in [0.15, 0.2) is 43.0 Å². The Bertz CT molecular complexity index is 1250. The fourth-order valence-electron chi connectivity index (χ4n) is 4.73. The average molecular weight is 446 g/mol. The fraction of sp³-hybridized carbons (Fsp3) is 0.440. The normalized spacial score (nSPS) is 18.7. The molecule has 8 nitrogen and oxygen atoms in total. The Hall–Kier alpha value is -3.42. The van der Waals surface area contributed by atoms with Gasteiger partial charge in [0.25, 0.3) is 0 Å². The summed E-state index contributed by atoms with van der Waals surface area (Å²) in [5, 5.41) is 13.6. The van der Waals surface area contributed by atoms with Crippen molar-refractivity contribution in [3.05, 3.63) is 48.7 Å². The third kappa shape index (κ3) is 4.17. The fourth-order valence-corrected chi connectivity index (χ4v) is 4.73. The highest BCUT2D eigenvalue weighted by atomic mass is 16.5. The first-order valence-electron chi connectivity index (χ1n) is 11.7. The molecule has 172 valence electrons. The van der Waals surface area contributed by atoms with Crippen molar-refractivity contribution in [2.45, 2.75) is 57.6 Å². The molecular formula is C25H31N7O. The molecule has 0 saturated heterocycles. The summed E-state index contributed by atoms with van der Waals surface area (Å²) in [5.74, 6) is 2.11. The van der Waals surface area contributed by atoms with Crippen molar-refractivity contribution in [3.8, 4) is 17.0 Å². The SMILES string of the molecule is CNc1cc2c(cn1)c(-c1cnn(C)c1)nn2[C@H]1CC[C@@H](Oc2cccnc2C(C)C)CC1. The molecule has 4 aromatic heterocycles. The van der Waals surface area contributed by atoms with Crippen LogP contribution < -0.4 is 10.1 Å². The lowest BCUT2D eigenvalue weighted by molar-refractivity contribution is 0.129. The van der Waals surface area contributed by atoms with E-state index in [4.69, 9.17) is 9.84 Å². The zero-order valence-corrected chi connectivity index (χ0v) is 19.7. The maximum Gasteiger partial charge on any atom is 0.141 e. The Morgan fingerprint density at radius 3 is 2.64 bits per heavy atom. The minimum atomic E-state index is 0.206. The molecule has 0 radical (unpaired) electrons. The summed E-state index contributed by atoms with van der Waals surface area (Å²) in [5.41, 5.74) is 4.08. The van der Waals surface area contributed by atoms with Crippen LogP contribution in [0.5, 0.6) is 5.75 Å². The van der Waals surface area contributed by atoms with E-state index < -0.39 is 0 Å². The molecule has 1 saturated carbocycles. The Morgan fingerprint density at radius 2 is 1.94 bits per heavy atom. The molecule has 1 aliphatic carbocycles. The van der Waals surface area contributed by atoms with Crippen molar-refractivity contribution in [1.29, 1.82) is 0 Å². The van der Waals surface area contributed by atoms with Gasteiger partial charge in [0, 0.05) is 49.7 Å². The second-order valence-electron chi connectivity index (χ2n) is 9.12. The van der Waals surface area contributed by atoms with Gasteiger partial charge < -0.3 is 10.1 Å². The van der Waals surface area contributed by atoms with Crippen LogP contribution in [0.25, 0.3) is 22.2 Å². The van der Waals surface area contributed by atoms with Gasteiger partial charge in [-0.05, 0) is 43.7 Å². The first kappa shape index (κ1) is 21.4. The molecule has 0 aliphatic heterocycles. The van der Waals surface area contributed by atoms with E-state index in [2.05, 4.69) is 45.0 Å². The highest BCUT2D eigenvalue weighted by molar-refractivity contribution is 5.93. The Labute approximate surface area is 194 Å². The summed E-state index contributed by atoms with van der Waals surface area (Å²) >= 11 is 0. The number of nitrogens with one attached hydrogen (secondary N) is 1. The summed E-state index contributed by atoms with van der Waals surface area (Å²) in [6.07, 6.45) is 11.8. The van der Waals surface area contributed by atoms with E-state index in [1.807, 2.05) is 55.7 Å². The monoisotopic (exact) mass is 445 g/mol. The zero-order chi connectivity index (χ0) is 22.9. The predicted molar refractivity (Wildman–Crippen MR) is 130 cm³/mol. The number of aromatic nitrogens is 6. The maximum atomic E-state index is 6.41. The summed E-state index contributed by atoms with van der Waals surface area (Å²) in [6.45, 7) is 4.31. The van der Waals surface area contributed by atoms with Gasteiger partial charge in [0.2, 0.25) is 0 Å². The van der Waals surface area contributed by atoms with E-state index >= 15 is 0 Å². The van der Waals surface area contributed by atoms with Crippen molar-refractivity contribution in [2.75, 3.05) is 12.4 Å². The number of aryl methyl sites for hydroxylation is 1. The number of hydrogen-bond acceptors (Lipinski definition) is 6. The minimum absolute atomic E-state index is 0.206. The molecule has 4 heterocycles. The average Bonchev–Trinajstić information content (AvgIpc) is 3.43. The van der Waals surface area contributed by atoms with E-state index in [0.717, 1.165) is 65.1 Å². The van der Waals surface area contributed by atoms with E-state index in [1.165, 1.54) is 0 Å². The number of ether oxygens (including phenoxy) is 1. The van der Waals surface area contributed by atoms with Crippen molar-refractivity contribution < 1.29 is 4.74 Å². The molecule has 0 aromatic carbocycles. The summed E-state index contributed by atoms with van der Waals surface area (Å²) in [4.78, 5) is 9.07. The topological polar surface area (TPSA) is 82.7 Å². The molecule has 33 heavy (non-hydrogen) atoms. The van der Waals surface area contributed by atoms with Gasteiger partial charge in [-0.1, -0.05) is 13.8 Å². The molecule has 0 unspecified atom stereocenters. The van der Waals surface area contributed by atoms with Crippen LogP contribution >= 0.6 is 0 Å². The van der Waals surface area contributed by atoms with Gasteiger partial charge in [-0.3, -0.25) is 14.3 Å². The van der Waals surface area contributed by atoms with E-state index in [0.29, 0.717) is 12.0 Å². The third-order valence-corrected chi connectivity index (χ3v) is 6.46. The van der Waals surface area contributed by atoms with Crippen molar-refractivity contribution in [3.63, 3.8) is 0 Å². The molecule has 1 fully saturated rings. The van der Waals surface area contributed by atoms with Crippen LogP contribution in [0.2, 0.25) is 0 Å². The highest BCUT2D eigenvalue weighted by Gasteiger charge is 2.27. The van der Waals surface area contributed by atoms with E-state index in [-0.39, 0.29) is 6.10 Å². The third-order valence-electron chi connectivity index (χ3n) is 6.46. The van der Waals surface area contributed by atoms with Crippen molar-refractivity contribution in [2.24, 2.45) is 7.05 Å². The molecule has 1 N–H and O–H groups in total. The van der Waals surface area contributed by atoms with E-state index in [9.17, 15) is 0 Å². The van der Waals surface area contributed by atoms with Crippen LogP contribution in [-0.4, -0.2) is 42.7 Å². The predicted octanol–water partition coefficient (Wildman–Crippen LogP) is 4.95. The molecule has 0 atom stereocenters. The van der Waals surface area contributed by atoms with Crippen LogP contribution in [0.3, 0.4) is 0 Å². The van der Waals surface area contributed by atoms with E-state index in [1.54, 1.807) is 0 Å². The lowest BCUT2D eigenvalue weighted by Gasteiger charge is -2.30. The van der Waals surface area contributed by atoms with Gasteiger partial charge in [0.1, 0.15) is 17.3 Å². The van der Waals surface area contributed by atoms with Gasteiger partial charge in [-0.15, -0.1) is 0 Å². The smallest absolute Gasteiger partial charge is 0.141 e. The summed E-state index contributed by atoms with van der Waals surface area (Å²) < 4.78 is 10.4. The van der Waals surface area contributed by atoms with Gasteiger partial charge in [0.15, 0.2) is 0 Å². The van der Waals surface area contributed by atoms with Crippen molar-refractivity contribution >= 4 is 16.7 Å². The van der Waals surface area contributed by atoms with Gasteiger partial charge in [-0.2, -0.15) is 10.2 Å². The molecule has 0 spiro atoms. The number of nitrogens with zero attached hydrogens (tertiary/aromatic N) is 6. The van der Waals surface area contributed by atoms with Crippen LogP contribution in [0, 0.1) is 0 Å². The standard InChI is InChI=1S/C25H31N7O/c1-16(2)24-22(6-5-11-27-24)33-19-9-7-18(8-10-19)32-21-12-23(26-3)28-14-20(21)25(30-32)17-13-29-31(4)15-17/h5-6,11-16,18-19H,7-10H2,1-4H3,(H,26,28)/t18-,19+. The maximum absolute atomic E-state index is 6.41. The van der Waals surface area contributed by atoms with Gasteiger partial charge >= 0.3 is 0 Å². The lowest BCUT2D eigenvalue weighted by Crippen LogP contribution is -2.26. The largest absolute Gasteiger partial charge is 0.489 e. The molecular weight excluding hydrogens is 414 g/mol. The number of hydrogen-bond donors (Lipinski definition) is 1. The first-order chi connectivity index (χ1) is 16.0. The minimum Gasteiger partial charge on any atom is -0.489 e. The number of anilines is 1. The number of pyridine rings is 2. The number of rotatable bonds is 6. The van der Waals surface area contributed by atoms with Crippen molar-refractivity contribution in [1.82, 2.24) is 29.5 Å². The Balaban J connectivity index is 1.39. The molecule has 5 rings (SSSR count). The second-order valence-corrected chi connectivity index (χ2v) is 9.12. The Kier molecular flexibility index (Phi) is 5.74. The highest BCUT2D eigenvalue weighted by Crippen LogP contribution is 2.37. The first-order valence-corrected chi connectivity index (χ1v) is 11.7. The van der Waals surface area contributed by atoms with Gasteiger partial charge in [-0.25, -0.2) is 4.98 Å². The molecule has 1 aliphatic rings. The van der Waals surface area contributed by atoms with Crippen LogP contribution in [-0.2, 0) is 7.05 Å². The molecule has 0 bridgehead atoms. The second kappa shape index (κ2) is 8.84. The zero-order valence-electron chi connectivity index (χ0n) is 19.7. The summed E-state index contributed by atoms with van der Waals surface area (Å²) in [6, 6.07) is 6.41. The van der Waals surface area contributed by atoms with Crippen LogP contribution in [0.1, 0.15) is 57.2 Å². The Morgan fingerprint density at radius 1 is 1.12 bits per heavy atom. The quantitative estimate of drug-likeness (QED) is 0.452. The number of fused-ring (bicyclic) bond motifs is 1.